The SMILES string of the molecule is COc1cccc(CN(C)Cc2cncnc2)n1. The average molecular weight is 244 g/mol. The summed E-state index contributed by atoms with van der Waals surface area (Å²) < 4.78 is 5.11. The third kappa shape index (κ3) is 3.49. The summed E-state index contributed by atoms with van der Waals surface area (Å²) in [5.74, 6) is 0.643. The first kappa shape index (κ1) is 12.4. The molecule has 2 aromatic rings. The Bertz CT molecular complexity index is 489. The van der Waals surface area contributed by atoms with Gasteiger partial charge in [-0.15, -0.1) is 0 Å². The van der Waals surface area contributed by atoms with E-state index in [1.165, 1.54) is 6.33 Å². The topological polar surface area (TPSA) is 51.1 Å². The largest absolute Gasteiger partial charge is 0.481 e. The van der Waals surface area contributed by atoms with Crippen LogP contribution in [-0.2, 0) is 13.1 Å². The van der Waals surface area contributed by atoms with E-state index in [1.807, 2.05) is 37.6 Å². The van der Waals surface area contributed by atoms with Crippen LogP contribution in [0.25, 0.3) is 0 Å². The van der Waals surface area contributed by atoms with Gasteiger partial charge in [-0.05, 0) is 13.1 Å². The summed E-state index contributed by atoms with van der Waals surface area (Å²) in [6, 6.07) is 5.77. The highest BCUT2D eigenvalue weighted by molar-refractivity contribution is 5.15. The van der Waals surface area contributed by atoms with Crippen LogP contribution in [0.1, 0.15) is 11.3 Å². The molecule has 2 aromatic heterocycles. The molecule has 0 aromatic carbocycles. The zero-order valence-electron chi connectivity index (χ0n) is 10.6. The van der Waals surface area contributed by atoms with Crippen molar-refractivity contribution in [3.8, 4) is 5.88 Å². The van der Waals surface area contributed by atoms with E-state index in [0.717, 1.165) is 24.3 Å². The molecule has 18 heavy (non-hydrogen) atoms. The number of aromatic nitrogens is 3. The maximum absolute atomic E-state index is 5.11. The van der Waals surface area contributed by atoms with Gasteiger partial charge < -0.3 is 4.74 Å². The Morgan fingerprint density at radius 2 is 1.94 bits per heavy atom. The van der Waals surface area contributed by atoms with Gasteiger partial charge in [0, 0.05) is 37.1 Å². The van der Waals surface area contributed by atoms with Gasteiger partial charge in [-0.1, -0.05) is 6.07 Å². The smallest absolute Gasteiger partial charge is 0.213 e. The number of ether oxygens (including phenoxy) is 1. The molecule has 5 heteroatoms. The molecule has 0 bridgehead atoms. The van der Waals surface area contributed by atoms with E-state index < -0.39 is 0 Å². The summed E-state index contributed by atoms with van der Waals surface area (Å²) in [6.07, 6.45) is 5.18. The molecular formula is C13H16N4O. The first-order valence-corrected chi connectivity index (χ1v) is 5.70. The van der Waals surface area contributed by atoms with Crippen LogP contribution >= 0.6 is 0 Å². The first-order valence-electron chi connectivity index (χ1n) is 5.70. The molecule has 2 rings (SSSR count). The molecule has 0 saturated carbocycles. The molecule has 0 saturated heterocycles. The third-order valence-electron chi connectivity index (χ3n) is 2.49. The maximum Gasteiger partial charge on any atom is 0.213 e. The highest BCUT2D eigenvalue weighted by Crippen LogP contribution is 2.09. The molecule has 2 heterocycles. The van der Waals surface area contributed by atoms with Crippen molar-refractivity contribution in [3.63, 3.8) is 0 Å². The Kier molecular flexibility index (Phi) is 4.20. The number of nitrogens with zero attached hydrogens (tertiary/aromatic N) is 4. The van der Waals surface area contributed by atoms with Crippen LogP contribution < -0.4 is 4.74 Å². The lowest BCUT2D eigenvalue weighted by Crippen LogP contribution is -2.18. The van der Waals surface area contributed by atoms with Gasteiger partial charge >= 0.3 is 0 Å². The van der Waals surface area contributed by atoms with Gasteiger partial charge in [0.05, 0.1) is 12.8 Å². The van der Waals surface area contributed by atoms with Gasteiger partial charge in [-0.2, -0.15) is 0 Å². The molecule has 0 fully saturated rings. The van der Waals surface area contributed by atoms with Gasteiger partial charge in [-0.3, -0.25) is 4.90 Å². The lowest BCUT2D eigenvalue weighted by Gasteiger charge is -2.15. The minimum absolute atomic E-state index is 0.643. The van der Waals surface area contributed by atoms with E-state index in [9.17, 15) is 0 Å². The van der Waals surface area contributed by atoms with E-state index in [-0.39, 0.29) is 0 Å². The van der Waals surface area contributed by atoms with Crippen LogP contribution in [-0.4, -0.2) is 34.0 Å². The molecular weight excluding hydrogens is 228 g/mol. The predicted molar refractivity (Wildman–Crippen MR) is 68.0 cm³/mol. The number of pyridine rings is 1. The molecule has 94 valence electrons. The Balaban J connectivity index is 1.96. The molecule has 0 amide bonds. The van der Waals surface area contributed by atoms with Crippen molar-refractivity contribution in [3.05, 3.63) is 48.2 Å². The molecule has 0 aliphatic carbocycles. The minimum atomic E-state index is 0.643. The number of rotatable bonds is 5. The highest BCUT2D eigenvalue weighted by Gasteiger charge is 2.04. The van der Waals surface area contributed by atoms with Crippen LogP contribution in [0.2, 0.25) is 0 Å². The van der Waals surface area contributed by atoms with E-state index in [4.69, 9.17) is 4.74 Å². The Morgan fingerprint density at radius 1 is 1.17 bits per heavy atom. The maximum atomic E-state index is 5.11. The van der Waals surface area contributed by atoms with Crippen molar-refractivity contribution < 1.29 is 4.74 Å². The fourth-order valence-electron chi connectivity index (χ4n) is 1.72. The summed E-state index contributed by atoms with van der Waals surface area (Å²) in [6.45, 7) is 1.55. The van der Waals surface area contributed by atoms with E-state index >= 15 is 0 Å². The van der Waals surface area contributed by atoms with Crippen LogP contribution in [0.3, 0.4) is 0 Å². The third-order valence-corrected chi connectivity index (χ3v) is 2.49. The van der Waals surface area contributed by atoms with Crippen LogP contribution in [0.4, 0.5) is 0 Å². The van der Waals surface area contributed by atoms with Crippen molar-refractivity contribution >= 4 is 0 Å². The normalized spacial score (nSPS) is 10.6. The van der Waals surface area contributed by atoms with Crippen molar-refractivity contribution in [2.75, 3.05) is 14.2 Å². The lowest BCUT2D eigenvalue weighted by molar-refractivity contribution is 0.311. The molecule has 0 aliphatic heterocycles. The van der Waals surface area contributed by atoms with Gasteiger partial charge in [-0.25, -0.2) is 15.0 Å². The molecule has 0 aliphatic rings. The predicted octanol–water partition coefficient (Wildman–Crippen LogP) is 1.51. The van der Waals surface area contributed by atoms with Crippen LogP contribution in [0, 0.1) is 0 Å². The molecule has 0 spiro atoms. The number of hydrogen-bond donors (Lipinski definition) is 0. The van der Waals surface area contributed by atoms with Gasteiger partial charge in [0.15, 0.2) is 0 Å². The minimum Gasteiger partial charge on any atom is -0.481 e. The first-order chi connectivity index (χ1) is 8.78. The Labute approximate surface area is 106 Å². The average Bonchev–Trinajstić information content (AvgIpc) is 2.40. The zero-order valence-corrected chi connectivity index (χ0v) is 10.6. The van der Waals surface area contributed by atoms with Crippen molar-refractivity contribution in [1.82, 2.24) is 19.9 Å². The lowest BCUT2D eigenvalue weighted by atomic mass is 10.3. The summed E-state index contributed by atoms with van der Waals surface area (Å²) in [7, 11) is 3.66. The monoisotopic (exact) mass is 244 g/mol. The second-order valence-electron chi connectivity index (χ2n) is 4.09. The summed E-state index contributed by atoms with van der Waals surface area (Å²) in [5.41, 5.74) is 2.07. The van der Waals surface area contributed by atoms with Crippen molar-refractivity contribution in [2.45, 2.75) is 13.1 Å². The summed E-state index contributed by atoms with van der Waals surface area (Å²) in [5, 5.41) is 0. The molecule has 0 radical (unpaired) electrons. The Hall–Kier alpha value is -2.01. The van der Waals surface area contributed by atoms with Gasteiger partial charge in [0.25, 0.3) is 0 Å². The fraction of sp³-hybridized carbons (Fsp3) is 0.308. The molecule has 0 unspecified atom stereocenters. The van der Waals surface area contributed by atoms with Crippen molar-refractivity contribution in [1.29, 1.82) is 0 Å². The van der Waals surface area contributed by atoms with E-state index in [0.29, 0.717) is 5.88 Å². The highest BCUT2D eigenvalue weighted by atomic mass is 16.5. The second kappa shape index (κ2) is 6.07. The van der Waals surface area contributed by atoms with Crippen LogP contribution in [0.15, 0.2) is 36.9 Å². The molecule has 5 nitrogen and oxygen atoms in total. The summed E-state index contributed by atoms with van der Waals surface area (Å²) in [4.78, 5) is 14.5. The van der Waals surface area contributed by atoms with E-state index in [2.05, 4.69) is 19.9 Å². The van der Waals surface area contributed by atoms with Crippen LogP contribution in [0.5, 0.6) is 5.88 Å². The molecule has 0 atom stereocenters. The quantitative estimate of drug-likeness (QED) is 0.798. The number of methoxy groups -OCH3 is 1. The van der Waals surface area contributed by atoms with Crippen molar-refractivity contribution in [2.24, 2.45) is 0 Å². The zero-order chi connectivity index (χ0) is 12.8. The number of hydrogen-bond acceptors (Lipinski definition) is 5. The Morgan fingerprint density at radius 3 is 2.67 bits per heavy atom. The molecule has 0 N–H and O–H groups in total. The van der Waals surface area contributed by atoms with E-state index in [1.54, 1.807) is 7.11 Å². The second-order valence-corrected chi connectivity index (χ2v) is 4.09. The summed E-state index contributed by atoms with van der Waals surface area (Å²) >= 11 is 0. The van der Waals surface area contributed by atoms with Gasteiger partial charge in [0.2, 0.25) is 5.88 Å². The van der Waals surface area contributed by atoms with Gasteiger partial charge in [0.1, 0.15) is 6.33 Å². The standard InChI is InChI=1S/C13H16N4O/c1-17(8-11-6-14-10-15-7-11)9-12-4-3-5-13(16-12)18-2/h3-7,10H,8-9H2,1-2H3. The fourth-order valence-corrected chi connectivity index (χ4v) is 1.72.